The largest absolute Gasteiger partial charge is 0.354 e. The molecule has 0 saturated carbocycles. The lowest BCUT2D eigenvalue weighted by molar-refractivity contribution is 0.550. The molecule has 1 aliphatic rings. The third-order valence-electron chi connectivity index (χ3n) is 2.57. The van der Waals surface area contributed by atoms with Crippen LogP contribution in [-0.2, 0) is 0 Å². The van der Waals surface area contributed by atoms with Crippen molar-refractivity contribution in [3.8, 4) is 0 Å². The fourth-order valence-electron chi connectivity index (χ4n) is 1.68. The maximum Gasteiger partial charge on any atom is 0.222 e. The molecule has 2 rings (SSSR count). The number of hydrogen-bond acceptors (Lipinski definition) is 5. The Hall–Kier alpha value is -0.810. The summed E-state index contributed by atoms with van der Waals surface area (Å²) in [5, 5.41) is 6.77. The number of rotatable bonds is 6. The number of aromatic nitrogens is 2. The molecule has 0 amide bonds. The maximum atomic E-state index is 4.11. The van der Waals surface area contributed by atoms with Crippen LogP contribution in [0, 0.1) is 0 Å². The van der Waals surface area contributed by atoms with Crippen molar-refractivity contribution in [1.82, 2.24) is 15.3 Å². The van der Waals surface area contributed by atoms with E-state index in [0.717, 1.165) is 31.5 Å². The molecule has 0 aliphatic carbocycles. The van der Waals surface area contributed by atoms with Gasteiger partial charge in [-0.1, -0.05) is 0 Å². The normalized spacial score (nSPS) is 19.9. The van der Waals surface area contributed by atoms with Gasteiger partial charge in [0, 0.05) is 30.7 Å². The van der Waals surface area contributed by atoms with Crippen molar-refractivity contribution in [2.45, 2.75) is 18.9 Å². The third kappa shape index (κ3) is 3.98. The van der Waals surface area contributed by atoms with Gasteiger partial charge >= 0.3 is 0 Å². The topological polar surface area (TPSA) is 49.8 Å². The molecule has 1 aliphatic heterocycles. The zero-order valence-electron chi connectivity index (χ0n) is 9.35. The molecule has 0 bridgehead atoms. The molecule has 4 nitrogen and oxygen atoms in total. The Kier molecular flexibility index (Phi) is 4.89. The fourth-order valence-corrected chi connectivity index (χ4v) is 2.87. The van der Waals surface area contributed by atoms with Gasteiger partial charge in [-0.2, -0.15) is 11.8 Å². The maximum absolute atomic E-state index is 4.11. The number of thioether (sulfide) groups is 1. The van der Waals surface area contributed by atoms with Crippen LogP contribution in [0.25, 0.3) is 0 Å². The first-order valence-electron chi connectivity index (χ1n) is 5.77. The van der Waals surface area contributed by atoms with Crippen LogP contribution in [0.15, 0.2) is 18.5 Å². The minimum Gasteiger partial charge on any atom is -0.354 e. The number of nitrogens with zero attached hydrogens (tertiary/aromatic N) is 2. The zero-order chi connectivity index (χ0) is 11.1. The first-order chi connectivity index (χ1) is 7.95. The van der Waals surface area contributed by atoms with Crippen molar-refractivity contribution >= 4 is 17.7 Å². The van der Waals surface area contributed by atoms with Gasteiger partial charge in [0.2, 0.25) is 5.95 Å². The number of anilines is 1. The average Bonchev–Trinajstić information content (AvgIpc) is 2.83. The summed E-state index contributed by atoms with van der Waals surface area (Å²) >= 11 is 2.04. The highest BCUT2D eigenvalue weighted by Crippen LogP contribution is 2.16. The highest BCUT2D eigenvalue weighted by Gasteiger charge is 2.13. The smallest absolute Gasteiger partial charge is 0.222 e. The van der Waals surface area contributed by atoms with Gasteiger partial charge < -0.3 is 10.6 Å². The monoisotopic (exact) mass is 238 g/mol. The second-order valence-electron chi connectivity index (χ2n) is 3.87. The molecule has 2 N–H and O–H groups in total. The van der Waals surface area contributed by atoms with E-state index in [9.17, 15) is 0 Å². The van der Waals surface area contributed by atoms with Crippen LogP contribution in [0.2, 0.25) is 0 Å². The Morgan fingerprint density at radius 2 is 2.19 bits per heavy atom. The molecule has 5 heteroatoms. The van der Waals surface area contributed by atoms with Gasteiger partial charge in [0.15, 0.2) is 0 Å². The summed E-state index contributed by atoms with van der Waals surface area (Å²) in [6, 6.07) is 2.56. The first kappa shape index (κ1) is 11.7. The van der Waals surface area contributed by atoms with Gasteiger partial charge in [-0.25, -0.2) is 9.97 Å². The van der Waals surface area contributed by atoms with E-state index in [1.807, 2.05) is 17.8 Å². The minimum absolute atomic E-state index is 0.721. The van der Waals surface area contributed by atoms with Crippen molar-refractivity contribution in [2.24, 2.45) is 0 Å². The van der Waals surface area contributed by atoms with E-state index in [-0.39, 0.29) is 0 Å². The molecule has 1 aromatic heterocycles. The van der Waals surface area contributed by atoms with Crippen LogP contribution < -0.4 is 10.6 Å². The van der Waals surface area contributed by atoms with E-state index in [2.05, 4.69) is 20.6 Å². The summed E-state index contributed by atoms with van der Waals surface area (Å²) in [5.74, 6) is 3.31. The Labute approximate surface area is 101 Å². The van der Waals surface area contributed by atoms with E-state index < -0.39 is 0 Å². The van der Waals surface area contributed by atoms with E-state index in [1.165, 1.54) is 17.9 Å². The van der Waals surface area contributed by atoms with Crippen LogP contribution in [0.3, 0.4) is 0 Å². The van der Waals surface area contributed by atoms with Gasteiger partial charge in [-0.15, -0.1) is 0 Å². The summed E-state index contributed by atoms with van der Waals surface area (Å²) in [4.78, 5) is 8.22. The number of hydrogen-bond donors (Lipinski definition) is 2. The summed E-state index contributed by atoms with van der Waals surface area (Å²) in [6.07, 6.45) is 5.94. The van der Waals surface area contributed by atoms with E-state index in [4.69, 9.17) is 0 Å². The molecular formula is C11H18N4S. The quantitative estimate of drug-likeness (QED) is 0.733. The lowest BCUT2D eigenvalue weighted by Gasteiger charge is -2.10. The summed E-state index contributed by atoms with van der Waals surface area (Å²) in [7, 11) is 0. The van der Waals surface area contributed by atoms with Crippen LogP contribution in [-0.4, -0.2) is 40.6 Å². The molecule has 1 atom stereocenters. The van der Waals surface area contributed by atoms with E-state index in [0.29, 0.717) is 0 Å². The molecule has 0 aromatic carbocycles. The minimum atomic E-state index is 0.721. The summed E-state index contributed by atoms with van der Waals surface area (Å²) in [6.45, 7) is 2.00. The van der Waals surface area contributed by atoms with Gasteiger partial charge in [-0.3, -0.25) is 0 Å². The van der Waals surface area contributed by atoms with Crippen molar-refractivity contribution in [3.05, 3.63) is 18.5 Å². The zero-order valence-corrected chi connectivity index (χ0v) is 10.2. The Bertz CT molecular complexity index is 287. The van der Waals surface area contributed by atoms with Gasteiger partial charge in [-0.05, 0) is 31.2 Å². The summed E-state index contributed by atoms with van der Waals surface area (Å²) in [5.41, 5.74) is 0. The Morgan fingerprint density at radius 3 is 2.94 bits per heavy atom. The van der Waals surface area contributed by atoms with Gasteiger partial charge in [0.25, 0.3) is 0 Å². The molecule has 88 valence electrons. The Morgan fingerprint density at radius 1 is 1.31 bits per heavy atom. The van der Waals surface area contributed by atoms with Crippen molar-refractivity contribution in [1.29, 1.82) is 0 Å². The lowest BCUT2D eigenvalue weighted by Crippen LogP contribution is -2.30. The molecule has 0 radical (unpaired) electrons. The van der Waals surface area contributed by atoms with Crippen LogP contribution in [0.4, 0.5) is 5.95 Å². The molecule has 0 spiro atoms. The molecule has 1 unspecified atom stereocenters. The van der Waals surface area contributed by atoms with Crippen LogP contribution in [0.1, 0.15) is 12.8 Å². The predicted molar refractivity (Wildman–Crippen MR) is 68.9 cm³/mol. The molecule has 1 saturated heterocycles. The molecule has 1 aromatic rings. The van der Waals surface area contributed by atoms with Gasteiger partial charge in [0.1, 0.15) is 0 Å². The van der Waals surface area contributed by atoms with Crippen molar-refractivity contribution < 1.29 is 0 Å². The van der Waals surface area contributed by atoms with E-state index >= 15 is 0 Å². The molecule has 1 fully saturated rings. The van der Waals surface area contributed by atoms with E-state index in [1.54, 1.807) is 12.4 Å². The Balaban J connectivity index is 1.52. The van der Waals surface area contributed by atoms with Crippen LogP contribution >= 0.6 is 11.8 Å². The summed E-state index contributed by atoms with van der Waals surface area (Å²) < 4.78 is 0. The van der Waals surface area contributed by atoms with Gasteiger partial charge in [0.05, 0.1) is 0 Å². The first-order valence-corrected chi connectivity index (χ1v) is 6.92. The highest BCUT2D eigenvalue weighted by molar-refractivity contribution is 7.99. The average molecular weight is 238 g/mol. The lowest BCUT2D eigenvalue weighted by atomic mass is 10.2. The third-order valence-corrected chi connectivity index (χ3v) is 3.73. The second-order valence-corrected chi connectivity index (χ2v) is 5.02. The number of nitrogens with one attached hydrogen (secondary N) is 2. The standard InChI is InChI=1S/C11H18N4S/c1(4-12-10-3-8-16-9-10)5-13-11-14-6-2-7-15-11/h2,6-7,10,12H,1,3-5,8-9H2,(H,13,14,15). The molecular weight excluding hydrogens is 220 g/mol. The predicted octanol–water partition coefficient (Wildman–Crippen LogP) is 1.37. The second kappa shape index (κ2) is 6.70. The molecule has 2 heterocycles. The van der Waals surface area contributed by atoms with Crippen molar-refractivity contribution in [3.63, 3.8) is 0 Å². The fraction of sp³-hybridized carbons (Fsp3) is 0.636. The van der Waals surface area contributed by atoms with Crippen molar-refractivity contribution in [2.75, 3.05) is 29.9 Å². The van der Waals surface area contributed by atoms with Crippen LogP contribution in [0.5, 0.6) is 0 Å². The highest BCUT2D eigenvalue weighted by atomic mass is 32.2. The molecule has 16 heavy (non-hydrogen) atoms. The SMILES string of the molecule is c1cnc(NCCCNC2CCSC2)nc1.